The van der Waals surface area contributed by atoms with Gasteiger partial charge in [-0.2, -0.15) is 12.6 Å². The molecule has 0 aliphatic carbocycles. The van der Waals surface area contributed by atoms with E-state index in [4.69, 9.17) is 10.8 Å². The normalized spacial score (nSPS) is 21.1. The van der Waals surface area contributed by atoms with Gasteiger partial charge in [0.1, 0.15) is 18.1 Å². The minimum atomic E-state index is -1.15. The lowest BCUT2D eigenvalue weighted by Crippen LogP contribution is -2.58. The van der Waals surface area contributed by atoms with Crippen molar-refractivity contribution in [3.63, 3.8) is 0 Å². The van der Waals surface area contributed by atoms with Gasteiger partial charge in [0.2, 0.25) is 17.7 Å². The smallest absolute Gasteiger partial charge is 0.325 e. The number of carbonyl (C=O) groups is 4. The molecular formula is C17H30N4O5S. The summed E-state index contributed by atoms with van der Waals surface area (Å²) < 4.78 is 0. The van der Waals surface area contributed by atoms with Gasteiger partial charge >= 0.3 is 5.97 Å². The molecule has 1 rings (SSSR count). The molecule has 0 spiro atoms. The highest BCUT2D eigenvalue weighted by Crippen LogP contribution is 2.21. The summed E-state index contributed by atoms with van der Waals surface area (Å²) in [5.74, 6) is -2.49. The summed E-state index contributed by atoms with van der Waals surface area (Å²) in [6, 6.07) is -3.43. The zero-order valence-corrected chi connectivity index (χ0v) is 16.9. The van der Waals surface area contributed by atoms with E-state index in [2.05, 4.69) is 23.3 Å². The molecule has 1 heterocycles. The average Bonchev–Trinajstić information content (AvgIpc) is 3.13. The first kappa shape index (κ1) is 23.2. The van der Waals surface area contributed by atoms with Crippen LogP contribution in [0.15, 0.2) is 0 Å². The molecule has 3 amide bonds. The van der Waals surface area contributed by atoms with Gasteiger partial charge in [-0.3, -0.25) is 19.2 Å². The molecule has 0 saturated carbocycles. The van der Waals surface area contributed by atoms with Crippen molar-refractivity contribution >= 4 is 36.3 Å². The molecule has 27 heavy (non-hydrogen) atoms. The first-order valence-corrected chi connectivity index (χ1v) is 9.77. The van der Waals surface area contributed by atoms with Gasteiger partial charge in [-0.05, 0) is 25.7 Å². The number of nitrogens with one attached hydrogen (secondary N) is 2. The van der Waals surface area contributed by atoms with Crippen LogP contribution in [-0.2, 0) is 19.2 Å². The Hall–Kier alpha value is -1.81. The number of hydrogen-bond acceptors (Lipinski definition) is 6. The van der Waals surface area contributed by atoms with Gasteiger partial charge < -0.3 is 26.4 Å². The van der Waals surface area contributed by atoms with Crippen LogP contribution in [0.2, 0.25) is 0 Å². The molecule has 5 unspecified atom stereocenters. The number of carboxylic acids is 1. The van der Waals surface area contributed by atoms with Crippen LogP contribution in [-0.4, -0.2) is 70.2 Å². The zero-order valence-electron chi connectivity index (χ0n) is 16.0. The molecule has 5 atom stereocenters. The fourth-order valence-electron chi connectivity index (χ4n) is 2.88. The van der Waals surface area contributed by atoms with E-state index in [-0.39, 0.29) is 17.6 Å². The Labute approximate surface area is 164 Å². The number of hydrogen-bond donors (Lipinski definition) is 5. The summed E-state index contributed by atoms with van der Waals surface area (Å²) in [7, 11) is 0. The van der Waals surface area contributed by atoms with Gasteiger partial charge in [-0.15, -0.1) is 0 Å². The van der Waals surface area contributed by atoms with Crippen molar-refractivity contribution in [3.8, 4) is 0 Å². The van der Waals surface area contributed by atoms with Crippen LogP contribution >= 0.6 is 12.6 Å². The molecular weight excluding hydrogens is 372 g/mol. The first-order valence-electron chi connectivity index (χ1n) is 9.14. The molecule has 1 aliphatic rings. The molecule has 0 aromatic carbocycles. The van der Waals surface area contributed by atoms with Crippen LogP contribution in [0.1, 0.15) is 40.0 Å². The van der Waals surface area contributed by atoms with E-state index in [1.807, 2.05) is 13.8 Å². The summed E-state index contributed by atoms with van der Waals surface area (Å²) in [4.78, 5) is 50.0. The topological polar surface area (TPSA) is 142 Å². The van der Waals surface area contributed by atoms with Crippen LogP contribution in [0.5, 0.6) is 0 Å². The number of carboxylic acid groups (broad SMARTS) is 1. The first-order chi connectivity index (χ1) is 12.6. The van der Waals surface area contributed by atoms with E-state index in [1.54, 1.807) is 0 Å². The van der Waals surface area contributed by atoms with E-state index in [9.17, 15) is 19.2 Å². The Morgan fingerprint density at radius 3 is 2.41 bits per heavy atom. The molecule has 0 bridgehead atoms. The van der Waals surface area contributed by atoms with Gasteiger partial charge in [-0.25, -0.2) is 0 Å². The van der Waals surface area contributed by atoms with Crippen molar-refractivity contribution < 1.29 is 24.3 Å². The maximum atomic E-state index is 13.1. The van der Waals surface area contributed by atoms with Crippen molar-refractivity contribution in [2.75, 3.05) is 12.3 Å². The Morgan fingerprint density at radius 1 is 1.26 bits per heavy atom. The third kappa shape index (κ3) is 6.10. The number of aliphatic carboxylic acids is 1. The van der Waals surface area contributed by atoms with Crippen LogP contribution in [0.3, 0.4) is 0 Å². The van der Waals surface area contributed by atoms with Gasteiger partial charge in [0.15, 0.2) is 0 Å². The fraction of sp³-hybridized carbons (Fsp3) is 0.765. The number of amides is 3. The zero-order chi connectivity index (χ0) is 20.7. The Bertz CT molecular complexity index is 574. The molecule has 5 N–H and O–H groups in total. The molecule has 0 aromatic heterocycles. The summed E-state index contributed by atoms with van der Waals surface area (Å²) in [5.41, 5.74) is 5.69. The third-order valence-electron chi connectivity index (χ3n) is 4.88. The molecule has 10 heteroatoms. The van der Waals surface area contributed by atoms with E-state index in [1.165, 1.54) is 11.8 Å². The summed E-state index contributed by atoms with van der Waals surface area (Å²) in [5, 5.41) is 14.0. The lowest BCUT2D eigenvalue weighted by Gasteiger charge is -2.32. The minimum Gasteiger partial charge on any atom is -0.480 e. The second-order valence-electron chi connectivity index (χ2n) is 6.92. The van der Waals surface area contributed by atoms with Crippen molar-refractivity contribution in [3.05, 3.63) is 0 Å². The van der Waals surface area contributed by atoms with Crippen LogP contribution in [0.4, 0.5) is 0 Å². The van der Waals surface area contributed by atoms with Gasteiger partial charge in [0, 0.05) is 12.3 Å². The maximum Gasteiger partial charge on any atom is 0.325 e. The van der Waals surface area contributed by atoms with Crippen molar-refractivity contribution in [2.45, 2.75) is 64.2 Å². The second kappa shape index (κ2) is 10.5. The average molecular weight is 403 g/mol. The summed E-state index contributed by atoms with van der Waals surface area (Å²) in [6.07, 6.45) is 1.72. The number of nitrogens with two attached hydrogens (primary N) is 1. The molecule has 0 radical (unpaired) electrons. The number of carbonyl (C=O) groups excluding carboxylic acids is 3. The maximum absolute atomic E-state index is 13.1. The lowest BCUT2D eigenvalue weighted by atomic mass is 9.97. The van der Waals surface area contributed by atoms with E-state index < -0.39 is 42.0 Å². The van der Waals surface area contributed by atoms with E-state index >= 15 is 0 Å². The number of thiol groups is 1. The Balaban J connectivity index is 2.93. The van der Waals surface area contributed by atoms with Crippen LogP contribution in [0, 0.1) is 5.92 Å². The van der Waals surface area contributed by atoms with Crippen LogP contribution in [0.25, 0.3) is 0 Å². The molecule has 1 fully saturated rings. The van der Waals surface area contributed by atoms with Crippen molar-refractivity contribution in [2.24, 2.45) is 11.7 Å². The highest BCUT2D eigenvalue weighted by molar-refractivity contribution is 7.80. The number of rotatable bonds is 9. The largest absolute Gasteiger partial charge is 0.480 e. The fourth-order valence-corrected chi connectivity index (χ4v) is 3.05. The lowest BCUT2D eigenvalue weighted by molar-refractivity contribution is -0.145. The standard InChI is InChI=1S/C17H30N4O5S/c1-4-9(2)13(20-14(22)11(18)8-27)16(24)21-7-5-6-12(21)15(23)19-10(3)17(25)26/h9-13,27H,4-8,18H2,1-3H3,(H,19,23)(H,20,22)(H,25,26). The minimum absolute atomic E-state index is 0.148. The van der Waals surface area contributed by atoms with Gasteiger partial charge in [0.25, 0.3) is 0 Å². The highest BCUT2D eigenvalue weighted by atomic mass is 32.1. The Kier molecular flexibility index (Phi) is 9.04. The summed E-state index contributed by atoms with van der Waals surface area (Å²) >= 11 is 4.00. The predicted molar refractivity (Wildman–Crippen MR) is 103 cm³/mol. The third-order valence-corrected chi connectivity index (χ3v) is 5.27. The molecule has 0 aromatic rings. The van der Waals surface area contributed by atoms with Crippen molar-refractivity contribution in [1.82, 2.24) is 15.5 Å². The summed E-state index contributed by atoms with van der Waals surface area (Å²) in [6.45, 7) is 5.48. The molecule has 154 valence electrons. The SMILES string of the molecule is CCC(C)C(NC(=O)C(N)CS)C(=O)N1CCCC1C(=O)NC(C)C(=O)O. The number of nitrogens with zero attached hydrogens (tertiary/aromatic N) is 1. The molecule has 1 aliphatic heterocycles. The number of likely N-dealkylation sites (tertiary alicyclic amines) is 1. The Morgan fingerprint density at radius 2 is 1.89 bits per heavy atom. The molecule has 9 nitrogen and oxygen atoms in total. The monoisotopic (exact) mass is 402 g/mol. The predicted octanol–water partition coefficient (Wildman–Crippen LogP) is -0.645. The van der Waals surface area contributed by atoms with Gasteiger partial charge in [0.05, 0.1) is 6.04 Å². The quantitative estimate of drug-likeness (QED) is 0.325. The van der Waals surface area contributed by atoms with E-state index in [0.29, 0.717) is 25.8 Å². The highest BCUT2D eigenvalue weighted by Gasteiger charge is 2.39. The van der Waals surface area contributed by atoms with Gasteiger partial charge in [-0.1, -0.05) is 20.3 Å². The van der Waals surface area contributed by atoms with E-state index in [0.717, 1.165) is 0 Å². The molecule has 1 saturated heterocycles. The van der Waals surface area contributed by atoms with Crippen LogP contribution < -0.4 is 16.4 Å². The van der Waals surface area contributed by atoms with Crippen molar-refractivity contribution in [1.29, 1.82) is 0 Å². The second-order valence-corrected chi connectivity index (χ2v) is 7.28.